The van der Waals surface area contributed by atoms with Crippen LogP contribution in [-0.2, 0) is 13.6 Å². The van der Waals surface area contributed by atoms with Gasteiger partial charge in [-0.25, -0.2) is 4.98 Å². The van der Waals surface area contributed by atoms with Crippen LogP contribution < -0.4 is 10.1 Å². The molecule has 2 rings (SSSR count). The Morgan fingerprint density at radius 1 is 1.41 bits per heavy atom. The Balaban J connectivity index is 2.13. The standard InChI is InChI=1S/C13H17N3O/c1-10-4-5-12(17-3)11(8-10)15-9-13-14-6-7-16(13)2/h4-8,15H,9H2,1-3H3. The molecule has 0 bridgehead atoms. The summed E-state index contributed by atoms with van der Waals surface area (Å²) >= 11 is 0. The summed E-state index contributed by atoms with van der Waals surface area (Å²) in [7, 11) is 3.66. The van der Waals surface area contributed by atoms with Gasteiger partial charge in [-0.2, -0.15) is 0 Å². The average molecular weight is 231 g/mol. The maximum Gasteiger partial charge on any atom is 0.141 e. The Morgan fingerprint density at radius 2 is 2.24 bits per heavy atom. The van der Waals surface area contributed by atoms with Crippen LogP contribution in [0.2, 0.25) is 0 Å². The van der Waals surface area contributed by atoms with Crippen molar-refractivity contribution >= 4 is 5.69 Å². The Hall–Kier alpha value is -1.97. The maximum atomic E-state index is 5.31. The summed E-state index contributed by atoms with van der Waals surface area (Å²) in [6.07, 6.45) is 3.73. The average Bonchev–Trinajstić information content (AvgIpc) is 2.72. The molecule has 4 nitrogen and oxygen atoms in total. The molecule has 0 fully saturated rings. The topological polar surface area (TPSA) is 39.1 Å². The molecule has 0 unspecified atom stereocenters. The molecule has 90 valence electrons. The fourth-order valence-electron chi connectivity index (χ4n) is 1.70. The van der Waals surface area contributed by atoms with Crippen LogP contribution >= 0.6 is 0 Å². The molecule has 17 heavy (non-hydrogen) atoms. The van der Waals surface area contributed by atoms with Gasteiger partial charge in [0.05, 0.1) is 19.3 Å². The third-order valence-corrected chi connectivity index (χ3v) is 2.71. The van der Waals surface area contributed by atoms with E-state index in [2.05, 4.69) is 23.3 Å². The van der Waals surface area contributed by atoms with Crippen LogP contribution in [0.3, 0.4) is 0 Å². The highest BCUT2D eigenvalue weighted by Gasteiger charge is 2.04. The van der Waals surface area contributed by atoms with Gasteiger partial charge >= 0.3 is 0 Å². The Morgan fingerprint density at radius 3 is 2.88 bits per heavy atom. The van der Waals surface area contributed by atoms with E-state index < -0.39 is 0 Å². The van der Waals surface area contributed by atoms with Gasteiger partial charge in [-0.15, -0.1) is 0 Å². The van der Waals surface area contributed by atoms with Crippen molar-refractivity contribution in [1.29, 1.82) is 0 Å². The van der Waals surface area contributed by atoms with E-state index in [0.717, 1.165) is 17.3 Å². The number of imidazole rings is 1. The quantitative estimate of drug-likeness (QED) is 0.878. The molecule has 0 aliphatic rings. The first kappa shape index (κ1) is 11.5. The predicted molar refractivity (Wildman–Crippen MR) is 68.3 cm³/mol. The number of methoxy groups -OCH3 is 1. The lowest BCUT2D eigenvalue weighted by atomic mass is 10.2. The second-order valence-corrected chi connectivity index (χ2v) is 4.01. The van der Waals surface area contributed by atoms with Gasteiger partial charge in [-0.3, -0.25) is 0 Å². The number of rotatable bonds is 4. The summed E-state index contributed by atoms with van der Waals surface area (Å²) in [6, 6.07) is 6.07. The Labute approximate surface area is 101 Å². The van der Waals surface area contributed by atoms with Gasteiger partial charge < -0.3 is 14.6 Å². The summed E-state index contributed by atoms with van der Waals surface area (Å²) in [5.74, 6) is 1.85. The number of ether oxygens (including phenoxy) is 1. The minimum absolute atomic E-state index is 0.684. The van der Waals surface area contributed by atoms with Gasteiger partial charge in [0.2, 0.25) is 0 Å². The molecule has 0 saturated heterocycles. The summed E-state index contributed by atoms with van der Waals surface area (Å²) in [5, 5.41) is 3.34. The molecule has 0 saturated carbocycles. The van der Waals surface area contributed by atoms with E-state index in [1.165, 1.54) is 5.56 Å². The van der Waals surface area contributed by atoms with E-state index in [9.17, 15) is 0 Å². The van der Waals surface area contributed by atoms with E-state index in [0.29, 0.717) is 6.54 Å². The van der Waals surface area contributed by atoms with Crippen molar-refractivity contribution in [3.63, 3.8) is 0 Å². The minimum atomic E-state index is 0.684. The number of anilines is 1. The highest BCUT2D eigenvalue weighted by molar-refractivity contribution is 5.57. The van der Waals surface area contributed by atoms with E-state index in [1.807, 2.05) is 29.9 Å². The van der Waals surface area contributed by atoms with E-state index in [1.54, 1.807) is 13.3 Å². The zero-order valence-corrected chi connectivity index (χ0v) is 10.4. The first-order chi connectivity index (χ1) is 8.20. The molecule has 0 aliphatic heterocycles. The fraction of sp³-hybridized carbons (Fsp3) is 0.308. The molecular formula is C13H17N3O. The van der Waals surface area contributed by atoms with Gasteiger partial charge in [0.15, 0.2) is 0 Å². The van der Waals surface area contributed by atoms with Crippen LogP contribution in [0.15, 0.2) is 30.6 Å². The van der Waals surface area contributed by atoms with Crippen molar-refractivity contribution in [3.05, 3.63) is 42.0 Å². The van der Waals surface area contributed by atoms with Gasteiger partial charge in [0, 0.05) is 19.4 Å². The molecule has 2 aromatic rings. The maximum absolute atomic E-state index is 5.31. The molecule has 0 spiro atoms. The SMILES string of the molecule is COc1ccc(C)cc1NCc1nccn1C. The number of nitrogens with one attached hydrogen (secondary N) is 1. The number of nitrogens with zero attached hydrogens (tertiary/aromatic N) is 2. The zero-order chi connectivity index (χ0) is 12.3. The first-order valence-electron chi connectivity index (χ1n) is 5.55. The minimum Gasteiger partial charge on any atom is -0.495 e. The summed E-state index contributed by atoms with van der Waals surface area (Å²) < 4.78 is 7.31. The fourth-order valence-corrected chi connectivity index (χ4v) is 1.70. The van der Waals surface area contributed by atoms with Crippen LogP contribution in [0, 0.1) is 6.92 Å². The van der Waals surface area contributed by atoms with Gasteiger partial charge in [-0.05, 0) is 24.6 Å². The van der Waals surface area contributed by atoms with Crippen molar-refractivity contribution in [2.45, 2.75) is 13.5 Å². The van der Waals surface area contributed by atoms with E-state index >= 15 is 0 Å². The molecule has 0 amide bonds. The van der Waals surface area contributed by atoms with Crippen LogP contribution in [0.1, 0.15) is 11.4 Å². The van der Waals surface area contributed by atoms with Crippen molar-refractivity contribution in [2.24, 2.45) is 7.05 Å². The molecule has 1 aromatic heterocycles. The van der Waals surface area contributed by atoms with Crippen molar-refractivity contribution in [3.8, 4) is 5.75 Å². The molecule has 1 aromatic carbocycles. The molecule has 0 atom stereocenters. The second-order valence-electron chi connectivity index (χ2n) is 4.01. The molecular weight excluding hydrogens is 214 g/mol. The lowest BCUT2D eigenvalue weighted by molar-refractivity contribution is 0.416. The summed E-state index contributed by atoms with van der Waals surface area (Å²) in [6.45, 7) is 2.74. The van der Waals surface area contributed by atoms with E-state index in [-0.39, 0.29) is 0 Å². The molecule has 4 heteroatoms. The lowest BCUT2D eigenvalue weighted by Gasteiger charge is -2.11. The number of aromatic nitrogens is 2. The predicted octanol–water partition coefficient (Wildman–Crippen LogP) is 2.35. The normalized spacial score (nSPS) is 10.3. The Kier molecular flexibility index (Phi) is 3.32. The van der Waals surface area contributed by atoms with Crippen LogP contribution in [0.4, 0.5) is 5.69 Å². The number of hydrogen-bond donors (Lipinski definition) is 1. The van der Waals surface area contributed by atoms with Crippen LogP contribution in [-0.4, -0.2) is 16.7 Å². The number of aryl methyl sites for hydroxylation is 2. The zero-order valence-electron chi connectivity index (χ0n) is 10.4. The highest BCUT2D eigenvalue weighted by atomic mass is 16.5. The molecule has 0 aliphatic carbocycles. The van der Waals surface area contributed by atoms with Crippen LogP contribution in [0.25, 0.3) is 0 Å². The van der Waals surface area contributed by atoms with Crippen molar-refractivity contribution in [1.82, 2.24) is 9.55 Å². The first-order valence-corrected chi connectivity index (χ1v) is 5.55. The summed E-state index contributed by atoms with van der Waals surface area (Å²) in [5.41, 5.74) is 2.20. The third-order valence-electron chi connectivity index (χ3n) is 2.71. The van der Waals surface area contributed by atoms with Crippen LogP contribution in [0.5, 0.6) is 5.75 Å². The largest absolute Gasteiger partial charge is 0.495 e. The smallest absolute Gasteiger partial charge is 0.141 e. The second kappa shape index (κ2) is 4.91. The molecule has 1 heterocycles. The van der Waals surface area contributed by atoms with Gasteiger partial charge in [0.25, 0.3) is 0 Å². The molecule has 1 N–H and O–H groups in total. The van der Waals surface area contributed by atoms with E-state index in [4.69, 9.17) is 4.74 Å². The number of hydrogen-bond acceptors (Lipinski definition) is 3. The highest BCUT2D eigenvalue weighted by Crippen LogP contribution is 2.25. The van der Waals surface area contributed by atoms with Gasteiger partial charge in [0.1, 0.15) is 11.6 Å². The van der Waals surface area contributed by atoms with Crippen molar-refractivity contribution < 1.29 is 4.74 Å². The third kappa shape index (κ3) is 2.58. The molecule has 0 radical (unpaired) electrons. The number of benzene rings is 1. The van der Waals surface area contributed by atoms with Gasteiger partial charge in [-0.1, -0.05) is 6.07 Å². The van der Waals surface area contributed by atoms with Crippen molar-refractivity contribution in [2.75, 3.05) is 12.4 Å². The summed E-state index contributed by atoms with van der Waals surface area (Å²) in [4.78, 5) is 4.27. The Bertz CT molecular complexity index is 505. The lowest BCUT2D eigenvalue weighted by Crippen LogP contribution is -2.06. The monoisotopic (exact) mass is 231 g/mol.